The summed E-state index contributed by atoms with van der Waals surface area (Å²) in [5, 5.41) is 2.97. The summed E-state index contributed by atoms with van der Waals surface area (Å²) in [5.41, 5.74) is 5.71. The first-order valence-electron chi connectivity index (χ1n) is 9.70. The predicted octanol–water partition coefficient (Wildman–Crippen LogP) is 5.27. The van der Waals surface area contributed by atoms with E-state index >= 15 is 0 Å². The van der Waals surface area contributed by atoms with E-state index in [4.69, 9.17) is 0 Å². The van der Waals surface area contributed by atoms with Crippen LogP contribution >= 0.6 is 0 Å². The van der Waals surface area contributed by atoms with Gasteiger partial charge < -0.3 is 14.8 Å². The van der Waals surface area contributed by atoms with Gasteiger partial charge >= 0.3 is 0 Å². The molecule has 4 nitrogen and oxygen atoms in total. The minimum Gasteiger partial charge on any atom is -0.364 e. The van der Waals surface area contributed by atoms with E-state index < -0.39 is 0 Å². The second-order valence-corrected chi connectivity index (χ2v) is 7.24. The zero-order valence-corrected chi connectivity index (χ0v) is 17.1. The van der Waals surface area contributed by atoms with E-state index in [1.54, 1.807) is 19.9 Å². The molecule has 0 fully saturated rings. The Bertz CT molecular complexity index is 916. The van der Waals surface area contributed by atoms with Crippen LogP contribution in [0.1, 0.15) is 37.1 Å². The number of carbonyl (C=O) groups is 1. The molecule has 3 rings (SSSR count). The Labute approximate surface area is 166 Å². The van der Waals surface area contributed by atoms with Gasteiger partial charge in [-0.3, -0.25) is 4.79 Å². The van der Waals surface area contributed by atoms with Crippen molar-refractivity contribution in [3.8, 4) is 0 Å². The number of allylic oxidation sites excluding steroid dienone is 3. The van der Waals surface area contributed by atoms with Gasteiger partial charge in [-0.15, -0.1) is 0 Å². The molecule has 0 bridgehead atoms. The monoisotopic (exact) mass is 381 g/mol. The topological polar surface area (TPSA) is 37.3 Å². The molecule has 2 aromatic rings. The second kappa shape index (κ2) is 8.46. The Morgan fingerprint density at radius 2 is 1.89 bits per heavy atom. The molecule has 0 spiro atoms. The summed E-state index contributed by atoms with van der Waals surface area (Å²) in [7, 11) is 0. The number of nitrogens with zero attached hydrogens (tertiary/aromatic N) is 2. The van der Waals surface area contributed by atoms with Gasteiger partial charge in [0, 0.05) is 36.4 Å². The maximum absolute atomic E-state index is 13.8. The summed E-state index contributed by atoms with van der Waals surface area (Å²) in [6.07, 6.45) is 5.17. The molecular formula is C23H28FN3O. The number of aryl methyl sites for hydroxylation is 2. The number of rotatable bonds is 5. The van der Waals surface area contributed by atoms with Crippen molar-refractivity contribution in [1.82, 2.24) is 4.57 Å². The van der Waals surface area contributed by atoms with Crippen molar-refractivity contribution in [2.45, 2.75) is 47.2 Å². The molecule has 0 saturated carbocycles. The van der Waals surface area contributed by atoms with Crippen LogP contribution < -0.4 is 10.2 Å². The van der Waals surface area contributed by atoms with Gasteiger partial charge in [0.2, 0.25) is 5.91 Å². The molecule has 1 aromatic carbocycles. The highest BCUT2D eigenvalue weighted by Crippen LogP contribution is 2.30. The number of carbonyl (C=O) groups excluding carboxylic acids is 1. The van der Waals surface area contributed by atoms with E-state index in [-0.39, 0.29) is 18.2 Å². The molecular weight excluding hydrogens is 353 g/mol. The Kier molecular flexibility index (Phi) is 6.02. The molecule has 148 valence electrons. The van der Waals surface area contributed by atoms with Crippen LogP contribution in [0.25, 0.3) is 0 Å². The normalized spacial score (nSPS) is 14.8. The van der Waals surface area contributed by atoms with E-state index in [2.05, 4.69) is 45.2 Å². The summed E-state index contributed by atoms with van der Waals surface area (Å²) < 4.78 is 16.1. The van der Waals surface area contributed by atoms with Gasteiger partial charge in [-0.2, -0.15) is 0 Å². The van der Waals surface area contributed by atoms with Crippen LogP contribution in [0.3, 0.4) is 0 Å². The number of aromatic nitrogens is 1. The fourth-order valence-electron chi connectivity index (χ4n) is 3.72. The van der Waals surface area contributed by atoms with Crippen molar-refractivity contribution < 1.29 is 9.18 Å². The van der Waals surface area contributed by atoms with Crippen LogP contribution in [-0.4, -0.2) is 17.0 Å². The lowest BCUT2D eigenvalue weighted by atomic mass is 10.1. The van der Waals surface area contributed by atoms with Gasteiger partial charge in [0.05, 0.1) is 13.0 Å². The van der Waals surface area contributed by atoms with E-state index in [1.807, 2.05) is 13.8 Å². The third-order valence-electron chi connectivity index (χ3n) is 5.29. The highest BCUT2D eigenvalue weighted by atomic mass is 19.1. The van der Waals surface area contributed by atoms with Crippen LogP contribution in [0.15, 0.2) is 54.0 Å². The number of nitrogens with one attached hydrogen (secondary N) is 1. The molecule has 0 atom stereocenters. The first-order valence-corrected chi connectivity index (χ1v) is 9.70. The lowest BCUT2D eigenvalue weighted by Crippen LogP contribution is -2.33. The average Bonchev–Trinajstić information content (AvgIpc) is 3.15. The number of hydrogen-bond donors (Lipinski definition) is 1. The summed E-state index contributed by atoms with van der Waals surface area (Å²) >= 11 is 0. The van der Waals surface area contributed by atoms with E-state index in [1.165, 1.54) is 11.8 Å². The zero-order chi connectivity index (χ0) is 20.3. The molecule has 1 aromatic heterocycles. The number of fused-ring (bicyclic) bond motifs is 1. The third kappa shape index (κ3) is 4.19. The van der Waals surface area contributed by atoms with Crippen LogP contribution in [-0.2, 0) is 17.9 Å². The first kappa shape index (κ1) is 19.9. The highest BCUT2D eigenvalue weighted by molar-refractivity contribution is 5.94. The molecule has 1 aliphatic rings. The minimum absolute atomic E-state index is 0.0242. The fraction of sp³-hybridized carbons (Fsp3) is 0.348. The number of anilines is 2. The van der Waals surface area contributed by atoms with Gasteiger partial charge in [-0.1, -0.05) is 12.2 Å². The summed E-state index contributed by atoms with van der Waals surface area (Å²) in [5.74, 6) is -0.559. The second-order valence-electron chi connectivity index (χ2n) is 7.24. The zero-order valence-electron chi connectivity index (χ0n) is 17.1. The summed E-state index contributed by atoms with van der Waals surface area (Å²) in [6.45, 7) is 10.2. The number of hydrogen-bond acceptors (Lipinski definition) is 2. The number of amides is 1. The largest absolute Gasteiger partial charge is 0.364 e. The minimum atomic E-state index is -0.351. The van der Waals surface area contributed by atoms with Crippen LogP contribution in [0, 0.1) is 13.8 Å². The van der Waals surface area contributed by atoms with Crippen molar-refractivity contribution in [1.29, 1.82) is 0 Å². The smallest absolute Gasteiger partial charge is 0.228 e. The van der Waals surface area contributed by atoms with Gasteiger partial charge in [-0.25, -0.2) is 4.39 Å². The summed E-state index contributed by atoms with van der Waals surface area (Å²) in [4.78, 5) is 14.8. The Morgan fingerprint density at radius 1 is 1.18 bits per heavy atom. The quantitative estimate of drug-likeness (QED) is 0.716. The average molecular weight is 381 g/mol. The lowest BCUT2D eigenvalue weighted by molar-refractivity contribution is -0.115. The van der Waals surface area contributed by atoms with Crippen molar-refractivity contribution in [2.24, 2.45) is 0 Å². The Morgan fingerprint density at radius 3 is 2.54 bits per heavy atom. The van der Waals surface area contributed by atoms with Crippen LogP contribution in [0.4, 0.5) is 15.8 Å². The van der Waals surface area contributed by atoms with Gasteiger partial charge in [0.25, 0.3) is 0 Å². The molecule has 28 heavy (non-hydrogen) atoms. The van der Waals surface area contributed by atoms with Crippen LogP contribution in [0.2, 0.25) is 0 Å². The molecule has 1 aliphatic heterocycles. The molecule has 1 N–H and O–H groups in total. The van der Waals surface area contributed by atoms with Crippen LogP contribution in [0.5, 0.6) is 0 Å². The first-order chi connectivity index (χ1) is 13.4. The van der Waals surface area contributed by atoms with Crippen molar-refractivity contribution in [3.63, 3.8) is 0 Å². The molecule has 5 heteroatoms. The lowest BCUT2D eigenvalue weighted by Gasteiger charge is -2.31. The van der Waals surface area contributed by atoms with Gasteiger partial charge in [0.1, 0.15) is 5.83 Å². The maximum atomic E-state index is 13.8. The summed E-state index contributed by atoms with van der Waals surface area (Å²) in [6, 6.07) is 8.47. The van der Waals surface area contributed by atoms with Gasteiger partial charge in [0.15, 0.2) is 0 Å². The van der Waals surface area contributed by atoms with E-state index in [0.717, 1.165) is 42.1 Å². The molecule has 0 radical (unpaired) electrons. The molecule has 0 aliphatic carbocycles. The Balaban J connectivity index is 1.75. The molecule has 2 heterocycles. The number of benzene rings is 1. The molecule has 0 saturated heterocycles. The standard InChI is InChI=1S/C23H28FN3O/c1-5-18(21(24)6-2)14-22(28)25-23-16(3)12-20(13-17(23)4)27-11-10-26-9-7-8-19(26)15-27/h5-9,12-13H,10-11,14-15H2,1-4H3,(H,25,28)/b18-5-,21-6+. The van der Waals surface area contributed by atoms with Crippen molar-refractivity contribution >= 4 is 17.3 Å². The maximum Gasteiger partial charge on any atom is 0.228 e. The molecule has 1 amide bonds. The van der Waals surface area contributed by atoms with Crippen molar-refractivity contribution in [2.75, 3.05) is 16.8 Å². The molecule has 0 unspecified atom stereocenters. The van der Waals surface area contributed by atoms with E-state index in [9.17, 15) is 9.18 Å². The Hall–Kier alpha value is -2.82. The van der Waals surface area contributed by atoms with Gasteiger partial charge in [-0.05, 0) is 68.7 Å². The number of halogens is 1. The third-order valence-corrected chi connectivity index (χ3v) is 5.29. The SMILES string of the molecule is C/C=C(CC(=O)Nc1c(C)cc(N2CCn3cccc3C2)cc1C)\C(F)=C/C. The highest BCUT2D eigenvalue weighted by Gasteiger charge is 2.18. The van der Waals surface area contributed by atoms with E-state index in [0.29, 0.717) is 5.57 Å². The predicted molar refractivity (Wildman–Crippen MR) is 113 cm³/mol. The fourth-order valence-corrected chi connectivity index (χ4v) is 3.72. The van der Waals surface area contributed by atoms with Crippen molar-refractivity contribution in [3.05, 3.63) is 70.8 Å².